The number of benzene rings is 4. The van der Waals surface area contributed by atoms with Gasteiger partial charge in [0.1, 0.15) is 23.0 Å². The van der Waals surface area contributed by atoms with Crippen LogP contribution in [0.25, 0.3) is 0 Å². The summed E-state index contributed by atoms with van der Waals surface area (Å²) in [5.41, 5.74) is 15.9. The molecule has 2 aliphatic rings. The van der Waals surface area contributed by atoms with Gasteiger partial charge in [-0.3, -0.25) is 0 Å². The molecule has 4 heteroatoms. The van der Waals surface area contributed by atoms with E-state index in [1.165, 1.54) is 68.9 Å². The lowest BCUT2D eigenvalue weighted by Gasteiger charge is -2.44. The predicted molar refractivity (Wildman–Crippen MR) is 173 cm³/mol. The van der Waals surface area contributed by atoms with Gasteiger partial charge < -0.3 is 20.9 Å². The second-order valence-electron chi connectivity index (χ2n) is 12.5. The fourth-order valence-electron chi connectivity index (χ4n) is 7.44. The van der Waals surface area contributed by atoms with E-state index in [0.717, 1.165) is 52.1 Å². The summed E-state index contributed by atoms with van der Waals surface area (Å²) >= 11 is 0. The van der Waals surface area contributed by atoms with Crippen LogP contribution in [0.15, 0.2) is 97.1 Å². The van der Waals surface area contributed by atoms with Crippen molar-refractivity contribution in [3.63, 3.8) is 0 Å². The van der Waals surface area contributed by atoms with Gasteiger partial charge in [0.25, 0.3) is 0 Å². The Kier molecular flexibility index (Phi) is 8.41. The van der Waals surface area contributed by atoms with Gasteiger partial charge in [-0.1, -0.05) is 50.5 Å². The summed E-state index contributed by atoms with van der Waals surface area (Å²) in [6.07, 6.45) is 11.9. The van der Waals surface area contributed by atoms with Crippen molar-refractivity contribution in [1.29, 1.82) is 0 Å². The highest BCUT2D eigenvalue weighted by molar-refractivity contribution is 5.47. The summed E-state index contributed by atoms with van der Waals surface area (Å²) in [6, 6.07) is 32.7. The third-order valence-corrected chi connectivity index (χ3v) is 10.1. The SMILES string of the molecule is CC[C@H]1CC[C@@H](C2CCC(c3ccc(Oc4ccc(N)cc4)cc3)(c3ccc(Oc4ccc(N)cc4)cc3)CC2)CC1. The molecule has 4 aromatic rings. The lowest BCUT2D eigenvalue weighted by molar-refractivity contribution is 0.142. The van der Waals surface area contributed by atoms with Crippen LogP contribution < -0.4 is 20.9 Å². The van der Waals surface area contributed by atoms with E-state index in [1.807, 2.05) is 48.5 Å². The summed E-state index contributed by atoms with van der Waals surface area (Å²) in [6.45, 7) is 2.36. The molecular formula is C38H44N2O2. The molecule has 42 heavy (non-hydrogen) atoms. The van der Waals surface area contributed by atoms with Gasteiger partial charge >= 0.3 is 0 Å². The summed E-state index contributed by atoms with van der Waals surface area (Å²) in [5.74, 6) is 5.96. The largest absolute Gasteiger partial charge is 0.457 e. The zero-order valence-electron chi connectivity index (χ0n) is 24.8. The number of hydrogen-bond acceptors (Lipinski definition) is 4. The molecule has 4 nitrogen and oxygen atoms in total. The van der Waals surface area contributed by atoms with Crippen LogP contribution in [-0.2, 0) is 5.41 Å². The Balaban J connectivity index is 1.23. The van der Waals surface area contributed by atoms with Crippen LogP contribution in [0.5, 0.6) is 23.0 Å². The molecule has 2 aliphatic carbocycles. The molecule has 2 fully saturated rings. The van der Waals surface area contributed by atoms with Gasteiger partial charge in [-0.15, -0.1) is 0 Å². The van der Waals surface area contributed by atoms with Gasteiger partial charge in [-0.2, -0.15) is 0 Å². The molecule has 0 saturated heterocycles. The molecule has 0 unspecified atom stereocenters. The first kappa shape index (κ1) is 28.2. The molecule has 0 spiro atoms. The second-order valence-corrected chi connectivity index (χ2v) is 12.5. The normalized spacial score (nSPS) is 20.6. The zero-order chi connectivity index (χ0) is 28.9. The third kappa shape index (κ3) is 6.28. The van der Waals surface area contributed by atoms with Gasteiger partial charge in [0.15, 0.2) is 0 Å². The highest BCUT2D eigenvalue weighted by atomic mass is 16.5. The Morgan fingerprint density at radius 2 is 0.881 bits per heavy atom. The van der Waals surface area contributed by atoms with E-state index in [4.69, 9.17) is 20.9 Å². The van der Waals surface area contributed by atoms with E-state index in [-0.39, 0.29) is 5.41 Å². The molecule has 2 saturated carbocycles. The van der Waals surface area contributed by atoms with Crippen LogP contribution in [0, 0.1) is 17.8 Å². The van der Waals surface area contributed by atoms with Crippen LogP contribution in [-0.4, -0.2) is 0 Å². The van der Waals surface area contributed by atoms with Crippen LogP contribution >= 0.6 is 0 Å². The van der Waals surface area contributed by atoms with Crippen LogP contribution in [0.2, 0.25) is 0 Å². The first-order chi connectivity index (χ1) is 20.5. The summed E-state index contributed by atoms with van der Waals surface area (Å²) < 4.78 is 12.3. The van der Waals surface area contributed by atoms with Crippen LogP contribution in [0.4, 0.5) is 11.4 Å². The molecule has 0 heterocycles. The first-order valence-corrected chi connectivity index (χ1v) is 15.8. The average Bonchev–Trinajstić information content (AvgIpc) is 3.04. The van der Waals surface area contributed by atoms with Gasteiger partial charge in [0.05, 0.1) is 0 Å². The minimum atomic E-state index is -0.0173. The molecule has 0 aliphatic heterocycles. The van der Waals surface area contributed by atoms with Gasteiger partial charge in [-0.05, 0) is 140 Å². The molecule has 4 N–H and O–H groups in total. The minimum Gasteiger partial charge on any atom is -0.457 e. The van der Waals surface area contributed by atoms with E-state index in [9.17, 15) is 0 Å². The number of nitrogen functional groups attached to an aromatic ring is 2. The highest BCUT2D eigenvalue weighted by Crippen LogP contribution is 2.51. The summed E-state index contributed by atoms with van der Waals surface area (Å²) in [7, 11) is 0. The number of ether oxygens (including phenoxy) is 2. The van der Waals surface area contributed by atoms with Gasteiger partial charge in [0.2, 0.25) is 0 Å². The van der Waals surface area contributed by atoms with Crippen molar-refractivity contribution in [2.24, 2.45) is 17.8 Å². The summed E-state index contributed by atoms with van der Waals surface area (Å²) in [4.78, 5) is 0. The Morgan fingerprint density at radius 1 is 0.524 bits per heavy atom. The molecule has 6 rings (SSSR count). The van der Waals surface area contributed by atoms with Crippen molar-refractivity contribution in [3.8, 4) is 23.0 Å². The highest BCUT2D eigenvalue weighted by Gasteiger charge is 2.40. The van der Waals surface area contributed by atoms with Gasteiger partial charge in [0, 0.05) is 16.8 Å². The Bertz CT molecular complexity index is 1320. The Hall–Kier alpha value is -3.92. The number of rotatable bonds is 8. The fraction of sp³-hybridized carbons (Fsp3) is 0.368. The van der Waals surface area contributed by atoms with Gasteiger partial charge in [-0.25, -0.2) is 0 Å². The van der Waals surface area contributed by atoms with Crippen LogP contribution in [0.1, 0.15) is 75.8 Å². The van der Waals surface area contributed by atoms with Crippen molar-refractivity contribution in [2.45, 2.75) is 70.1 Å². The minimum absolute atomic E-state index is 0.0173. The second kappa shape index (κ2) is 12.5. The van der Waals surface area contributed by atoms with Crippen molar-refractivity contribution in [1.82, 2.24) is 0 Å². The van der Waals surface area contributed by atoms with E-state index in [1.54, 1.807) is 0 Å². The van der Waals surface area contributed by atoms with E-state index in [2.05, 4.69) is 55.5 Å². The number of hydrogen-bond donors (Lipinski definition) is 2. The maximum absolute atomic E-state index is 6.13. The molecule has 0 bridgehead atoms. The molecule has 0 amide bonds. The Labute approximate surface area is 251 Å². The maximum Gasteiger partial charge on any atom is 0.127 e. The summed E-state index contributed by atoms with van der Waals surface area (Å²) in [5, 5.41) is 0. The standard InChI is InChI=1S/C38H44N2O2/c1-2-27-3-5-28(6-4-27)29-23-25-38(26-24-29,30-7-15-34(16-8-30)41-36-19-11-32(39)12-20-36)31-9-17-35(18-10-31)42-37-21-13-33(40)14-22-37/h7-22,27-29H,2-6,23-26,39-40H2,1H3/t27-,28+. The zero-order valence-corrected chi connectivity index (χ0v) is 24.8. The smallest absolute Gasteiger partial charge is 0.127 e. The first-order valence-electron chi connectivity index (χ1n) is 15.8. The predicted octanol–water partition coefficient (Wildman–Crippen LogP) is 10.1. The quantitative estimate of drug-likeness (QED) is 0.210. The van der Waals surface area contributed by atoms with E-state index >= 15 is 0 Å². The van der Waals surface area contributed by atoms with Crippen molar-refractivity contribution in [2.75, 3.05) is 11.5 Å². The average molecular weight is 561 g/mol. The lowest BCUT2D eigenvalue weighted by Crippen LogP contribution is -2.35. The fourth-order valence-corrected chi connectivity index (χ4v) is 7.44. The van der Waals surface area contributed by atoms with Crippen LogP contribution in [0.3, 0.4) is 0 Å². The molecule has 0 radical (unpaired) electrons. The van der Waals surface area contributed by atoms with E-state index in [0.29, 0.717) is 0 Å². The Morgan fingerprint density at radius 3 is 1.26 bits per heavy atom. The lowest BCUT2D eigenvalue weighted by atomic mass is 9.60. The van der Waals surface area contributed by atoms with Crippen molar-refractivity contribution < 1.29 is 9.47 Å². The van der Waals surface area contributed by atoms with E-state index < -0.39 is 0 Å². The van der Waals surface area contributed by atoms with Crippen molar-refractivity contribution >= 4 is 11.4 Å². The number of nitrogens with two attached hydrogens (primary N) is 2. The molecule has 0 aromatic heterocycles. The molecule has 0 atom stereocenters. The molecule has 4 aromatic carbocycles. The topological polar surface area (TPSA) is 70.5 Å². The monoisotopic (exact) mass is 560 g/mol. The molecular weight excluding hydrogens is 516 g/mol. The third-order valence-electron chi connectivity index (χ3n) is 10.1. The van der Waals surface area contributed by atoms with Crippen molar-refractivity contribution in [3.05, 3.63) is 108 Å². The molecule has 218 valence electrons. The number of anilines is 2. The maximum atomic E-state index is 6.13.